The molecule has 0 unspecified atom stereocenters. The SMILES string of the molecule is Cc1cc(N)ccc1Oc1ccc(OB(Oc2ccc(Oc3ccc(N)cc3C)cc2)Oc2ccc(Oc3ccc(N)cc3C)cc2)cc1. The monoisotopic (exact) mass is 653 g/mol. The molecule has 0 saturated carbocycles. The van der Waals surface area contributed by atoms with Gasteiger partial charge in [-0.05, 0) is 165 Å². The number of hydrogen-bond acceptors (Lipinski definition) is 9. The molecule has 0 aliphatic rings. The topological polar surface area (TPSA) is 133 Å². The van der Waals surface area contributed by atoms with Crippen molar-refractivity contribution in [3.05, 3.63) is 144 Å². The van der Waals surface area contributed by atoms with Crippen LogP contribution in [0.2, 0.25) is 0 Å². The largest absolute Gasteiger partial charge is 0.864 e. The van der Waals surface area contributed by atoms with Gasteiger partial charge in [0.25, 0.3) is 0 Å². The molecule has 0 aromatic heterocycles. The van der Waals surface area contributed by atoms with E-state index in [0.717, 1.165) is 16.7 Å². The molecule has 0 atom stereocenters. The summed E-state index contributed by atoms with van der Waals surface area (Å²) in [5, 5.41) is 0. The van der Waals surface area contributed by atoms with Crippen LogP contribution >= 0.6 is 0 Å². The third kappa shape index (κ3) is 8.69. The molecule has 0 fully saturated rings. The molecular weight excluding hydrogens is 617 g/mol. The number of nitrogen functional groups attached to an aromatic ring is 3. The third-order valence-electron chi connectivity index (χ3n) is 7.45. The summed E-state index contributed by atoms with van der Waals surface area (Å²) < 4.78 is 36.6. The minimum Gasteiger partial charge on any atom is -0.490 e. The average molecular weight is 654 g/mol. The smallest absolute Gasteiger partial charge is 0.490 e. The van der Waals surface area contributed by atoms with E-state index < -0.39 is 7.32 Å². The summed E-state index contributed by atoms with van der Waals surface area (Å²) in [5.41, 5.74) is 22.5. The Morgan fingerprint density at radius 3 is 0.837 bits per heavy atom. The third-order valence-corrected chi connectivity index (χ3v) is 7.45. The Balaban J connectivity index is 1.17. The Hall–Kier alpha value is -6.42. The van der Waals surface area contributed by atoms with Gasteiger partial charge in [-0.2, -0.15) is 0 Å². The quantitative estimate of drug-likeness (QED) is 0.0873. The van der Waals surface area contributed by atoms with Crippen molar-refractivity contribution in [2.45, 2.75) is 20.8 Å². The number of rotatable bonds is 12. The molecule has 6 rings (SSSR count). The van der Waals surface area contributed by atoms with Gasteiger partial charge in [0.1, 0.15) is 51.7 Å². The second-order valence-electron chi connectivity index (χ2n) is 11.4. The molecule has 0 aliphatic carbocycles. The van der Waals surface area contributed by atoms with Gasteiger partial charge in [-0.15, -0.1) is 0 Å². The van der Waals surface area contributed by atoms with Gasteiger partial charge in [0.05, 0.1) is 0 Å². The fourth-order valence-electron chi connectivity index (χ4n) is 4.91. The lowest BCUT2D eigenvalue weighted by Gasteiger charge is -2.17. The average Bonchev–Trinajstić information content (AvgIpc) is 3.07. The summed E-state index contributed by atoms with van der Waals surface area (Å²) in [6.07, 6.45) is 0. The Morgan fingerprint density at radius 2 is 0.592 bits per heavy atom. The standard InChI is InChI=1S/C39H36BN3O6/c1-25-22-28(41)4-19-37(25)44-31-7-13-34(14-8-31)47-40(48-35-15-9-32(10-16-35)45-38-20-5-29(42)23-26(38)2)49-36-17-11-33(12-18-36)46-39-21-6-30(43)24-27(39)3/h4-24H,41-43H2,1-3H3. The highest BCUT2D eigenvalue weighted by molar-refractivity contribution is 6.39. The number of benzene rings is 6. The first-order valence-electron chi connectivity index (χ1n) is 15.6. The molecule has 10 heteroatoms. The van der Waals surface area contributed by atoms with Crippen molar-refractivity contribution in [2.24, 2.45) is 0 Å². The molecule has 0 saturated heterocycles. The normalized spacial score (nSPS) is 10.6. The molecule has 0 aliphatic heterocycles. The van der Waals surface area contributed by atoms with Crippen molar-refractivity contribution in [2.75, 3.05) is 17.2 Å². The summed E-state index contributed by atoms with van der Waals surface area (Å²) >= 11 is 0. The zero-order chi connectivity index (χ0) is 34.3. The molecule has 6 N–H and O–H groups in total. The predicted octanol–water partition coefficient (Wildman–Crippen LogP) is 9.26. The summed E-state index contributed by atoms with van der Waals surface area (Å²) in [6.45, 7) is 5.83. The first-order chi connectivity index (χ1) is 23.7. The number of nitrogens with two attached hydrogens (primary N) is 3. The van der Waals surface area contributed by atoms with Crippen LogP contribution in [0.1, 0.15) is 16.7 Å². The van der Waals surface area contributed by atoms with Crippen LogP contribution < -0.4 is 45.4 Å². The molecule has 0 heterocycles. The van der Waals surface area contributed by atoms with E-state index in [1.165, 1.54) is 0 Å². The highest BCUT2D eigenvalue weighted by Crippen LogP contribution is 2.31. The van der Waals surface area contributed by atoms with Gasteiger partial charge in [-0.3, -0.25) is 0 Å². The molecule has 6 aromatic rings. The molecule has 0 bridgehead atoms. The van der Waals surface area contributed by atoms with Crippen LogP contribution in [0, 0.1) is 20.8 Å². The lowest BCUT2D eigenvalue weighted by atomic mass is 10.1. The van der Waals surface area contributed by atoms with E-state index in [-0.39, 0.29) is 0 Å². The molecule has 0 amide bonds. The van der Waals surface area contributed by atoms with Gasteiger partial charge < -0.3 is 45.4 Å². The zero-order valence-corrected chi connectivity index (χ0v) is 27.4. The number of aryl methyl sites for hydroxylation is 3. The van der Waals surface area contributed by atoms with Crippen LogP contribution in [-0.2, 0) is 0 Å². The highest BCUT2D eigenvalue weighted by atomic mass is 16.7. The Labute approximate surface area is 285 Å². The van der Waals surface area contributed by atoms with E-state index in [2.05, 4.69) is 0 Å². The number of anilines is 3. The summed E-state index contributed by atoms with van der Waals surface area (Å²) in [6, 6.07) is 38.0. The summed E-state index contributed by atoms with van der Waals surface area (Å²) in [4.78, 5) is 0. The van der Waals surface area contributed by atoms with Gasteiger partial charge in [0.15, 0.2) is 0 Å². The molecule has 246 valence electrons. The highest BCUT2D eigenvalue weighted by Gasteiger charge is 2.30. The maximum absolute atomic E-state index is 6.17. The van der Waals surface area contributed by atoms with Crippen LogP contribution in [0.25, 0.3) is 0 Å². The molecule has 6 aromatic carbocycles. The van der Waals surface area contributed by atoms with E-state index in [1.807, 2.05) is 57.2 Å². The lowest BCUT2D eigenvalue weighted by molar-refractivity contribution is 0.306. The van der Waals surface area contributed by atoms with Crippen molar-refractivity contribution in [3.63, 3.8) is 0 Å². The fraction of sp³-hybridized carbons (Fsp3) is 0.0769. The van der Waals surface area contributed by atoms with E-state index in [4.69, 9.17) is 45.4 Å². The minimum absolute atomic E-state index is 0.504. The first kappa shape index (κ1) is 32.5. The van der Waals surface area contributed by atoms with E-state index in [1.54, 1.807) is 91.0 Å². The maximum Gasteiger partial charge on any atom is 0.864 e. The van der Waals surface area contributed by atoms with Gasteiger partial charge >= 0.3 is 7.32 Å². The van der Waals surface area contributed by atoms with Crippen molar-refractivity contribution in [1.29, 1.82) is 0 Å². The first-order valence-corrected chi connectivity index (χ1v) is 15.6. The summed E-state index contributed by atoms with van der Waals surface area (Å²) in [5.74, 6) is 5.56. The van der Waals surface area contributed by atoms with Crippen molar-refractivity contribution < 1.29 is 28.2 Å². The lowest BCUT2D eigenvalue weighted by Crippen LogP contribution is -2.36. The fourth-order valence-corrected chi connectivity index (χ4v) is 4.91. The maximum atomic E-state index is 6.17. The van der Waals surface area contributed by atoms with Gasteiger partial charge in [-0.25, -0.2) is 0 Å². The summed E-state index contributed by atoms with van der Waals surface area (Å²) in [7, 11) is -1.15. The Bertz CT molecular complexity index is 1800. The Kier molecular flexibility index (Phi) is 9.66. The number of hydrogen-bond donors (Lipinski definition) is 3. The molecule has 49 heavy (non-hydrogen) atoms. The van der Waals surface area contributed by atoms with Crippen LogP contribution in [0.5, 0.6) is 51.7 Å². The van der Waals surface area contributed by atoms with Crippen LogP contribution in [0.15, 0.2) is 127 Å². The second kappa shape index (κ2) is 14.6. The Morgan fingerprint density at radius 1 is 0.347 bits per heavy atom. The van der Waals surface area contributed by atoms with Crippen LogP contribution in [0.4, 0.5) is 17.1 Å². The van der Waals surface area contributed by atoms with E-state index in [0.29, 0.717) is 68.8 Å². The van der Waals surface area contributed by atoms with Crippen molar-refractivity contribution in [3.8, 4) is 51.7 Å². The molecular formula is C39H36BN3O6. The van der Waals surface area contributed by atoms with Gasteiger partial charge in [0.2, 0.25) is 0 Å². The van der Waals surface area contributed by atoms with Crippen molar-refractivity contribution in [1.82, 2.24) is 0 Å². The van der Waals surface area contributed by atoms with Gasteiger partial charge in [-0.1, -0.05) is 0 Å². The zero-order valence-electron chi connectivity index (χ0n) is 27.4. The van der Waals surface area contributed by atoms with Gasteiger partial charge in [0, 0.05) is 17.1 Å². The second-order valence-corrected chi connectivity index (χ2v) is 11.4. The van der Waals surface area contributed by atoms with E-state index in [9.17, 15) is 0 Å². The minimum atomic E-state index is -1.15. The molecule has 9 nitrogen and oxygen atoms in total. The van der Waals surface area contributed by atoms with Crippen LogP contribution in [0.3, 0.4) is 0 Å². The predicted molar refractivity (Wildman–Crippen MR) is 194 cm³/mol. The van der Waals surface area contributed by atoms with Crippen molar-refractivity contribution >= 4 is 24.4 Å². The number of ether oxygens (including phenoxy) is 3. The molecule has 0 radical (unpaired) electrons. The molecule has 0 spiro atoms. The van der Waals surface area contributed by atoms with E-state index >= 15 is 0 Å². The van der Waals surface area contributed by atoms with Crippen LogP contribution in [-0.4, -0.2) is 7.32 Å².